The van der Waals surface area contributed by atoms with Gasteiger partial charge in [-0.3, -0.25) is 0 Å². The molecule has 9 heavy (non-hydrogen) atoms. The van der Waals surface area contributed by atoms with Crippen molar-refractivity contribution in [3.05, 3.63) is 0 Å². The van der Waals surface area contributed by atoms with E-state index in [1.807, 2.05) is 6.92 Å². The molecule has 2 nitrogen and oxygen atoms in total. The summed E-state index contributed by atoms with van der Waals surface area (Å²) in [6.45, 7) is 4.60. The van der Waals surface area contributed by atoms with Gasteiger partial charge < -0.3 is 10.8 Å². The Bertz CT molecular complexity index is 109. The van der Waals surface area contributed by atoms with Crippen molar-refractivity contribution in [3.8, 4) is 0 Å². The molecule has 1 rings (SSSR count). The predicted octanol–water partition coefficient (Wildman–Crippen LogP) is 0.352. The Morgan fingerprint density at radius 3 is 2.33 bits per heavy atom. The van der Waals surface area contributed by atoms with E-state index in [9.17, 15) is 5.11 Å². The molecule has 0 heterocycles. The average Bonchev–Trinajstić information content (AvgIpc) is 2.43. The lowest BCUT2D eigenvalue weighted by molar-refractivity contribution is 0.106. The minimum Gasteiger partial charge on any atom is -0.393 e. The highest BCUT2D eigenvalue weighted by Gasteiger charge is 2.53. The van der Waals surface area contributed by atoms with Crippen molar-refractivity contribution >= 4 is 0 Å². The molecule has 0 bridgehead atoms. The van der Waals surface area contributed by atoms with Gasteiger partial charge in [0.15, 0.2) is 0 Å². The first kappa shape index (κ1) is 7.03. The molecule has 3 N–H and O–H groups in total. The van der Waals surface area contributed by atoms with Gasteiger partial charge in [0, 0.05) is 12.0 Å². The van der Waals surface area contributed by atoms with Crippen molar-refractivity contribution in [1.82, 2.24) is 0 Å². The van der Waals surface area contributed by atoms with E-state index in [0.717, 1.165) is 6.42 Å². The maximum Gasteiger partial charge on any atom is 0.0583 e. The summed E-state index contributed by atoms with van der Waals surface area (Å²) in [5.41, 5.74) is 5.58. The third-order valence-electron chi connectivity index (χ3n) is 2.72. The van der Waals surface area contributed by atoms with Crippen molar-refractivity contribution in [1.29, 1.82) is 0 Å². The third kappa shape index (κ3) is 0.864. The van der Waals surface area contributed by atoms with Crippen molar-refractivity contribution < 1.29 is 5.11 Å². The zero-order valence-corrected chi connectivity index (χ0v) is 6.09. The monoisotopic (exact) mass is 129 g/mol. The van der Waals surface area contributed by atoms with Crippen LogP contribution in [0.15, 0.2) is 0 Å². The molecule has 0 aromatic carbocycles. The van der Waals surface area contributed by atoms with Crippen LogP contribution in [-0.2, 0) is 0 Å². The van der Waals surface area contributed by atoms with E-state index in [1.165, 1.54) is 0 Å². The minimum absolute atomic E-state index is 0.0833. The topological polar surface area (TPSA) is 46.2 Å². The first-order valence-electron chi connectivity index (χ1n) is 3.51. The van der Waals surface area contributed by atoms with Crippen LogP contribution in [0.2, 0.25) is 0 Å². The first-order valence-corrected chi connectivity index (χ1v) is 3.51. The summed E-state index contributed by atoms with van der Waals surface area (Å²) in [5.74, 6) is 0.627. The molecule has 1 aliphatic carbocycles. The Kier molecular flexibility index (Phi) is 1.53. The van der Waals surface area contributed by atoms with Gasteiger partial charge in [-0.05, 0) is 19.3 Å². The quantitative estimate of drug-likeness (QED) is 0.565. The van der Waals surface area contributed by atoms with Gasteiger partial charge in [-0.2, -0.15) is 0 Å². The van der Waals surface area contributed by atoms with E-state index in [2.05, 4.69) is 6.92 Å². The number of nitrogens with two attached hydrogens (primary N) is 1. The molecule has 0 amide bonds. The SMILES string of the molecule is C[C@H](O)[C@]1(CN)C[C@H]1C. The summed E-state index contributed by atoms with van der Waals surface area (Å²) in [7, 11) is 0. The van der Waals surface area contributed by atoms with Crippen LogP contribution in [0.25, 0.3) is 0 Å². The zero-order chi connectivity index (χ0) is 7.07. The van der Waals surface area contributed by atoms with Crippen molar-refractivity contribution in [3.63, 3.8) is 0 Å². The van der Waals surface area contributed by atoms with Crippen molar-refractivity contribution in [2.24, 2.45) is 17.1 Å². The van der Waals surface area contributed by atoms with E-state index in [1.54, 1.807) is 0 Å². The molecule has 0 aromatic rings. The fourth-order valence-corrected chi connectivity index (χ4v) is 1.55. The first-order chi connectivity index (χ1) is 4.13. The molecule has 0 aliphatic heterocycles. The Morgan fingerprint density at radius 1 is 1.89 bits per heavy atom. The summed E-state index contributed by atoms with van der Waals surface area (Å²) in [4.78, 5) is 0. The van der Waals surface area contributed by atoms with Gasteiger partial charge in [0.2, 0.25) is 0 Å². The van der Waals surface area contributed by atoms with Crippen LogP contribution in [0.5, 0.6) is 0 Å². The smallest absolute Gasteiger partial charge is 0.0583 e. The van der Waals surface area contributed by atoms with Gasteiger partial charge in [0.1, 0.15) is 0 Å². The third-order valence-corrected chi connectivity index (χ3v) is 2.72. The van der Waals surface area contributed by atoms with Crippen LogP contribution in [0.1, 0.15) is 20.3 Å². The van der Waals surface area contributed by atoms with Crippen LogP contribution < -0.4 is 5.73 Å². The molecule has 0 radical (unpaired) electrons. The minimum atomic E-state index is -0.225. The standard InChI is InChI=1S/C7H15NO/c1-5-3-7(5,4-8)6(2)9/h5-6,9H,3-4,8H2,1-2H3/t5-,6+,7+/m1/s1. The molecule has 1 saturated carbocycles. The van der Waals surface area contributed by atoms with Crippen LogP contribution in [0.3, 0.4) is 0 Å². The molecule has 2 heteroatoms. The largest absolute Gasteiger partial charge is 0.393 e. The molecule has 1 fully saturated rings. The van der Waals surface area contributed by atoms with Gasteiger partial charge in [-0.15, -0.1) is 0 Å². The van der Waals surface area contributed by atoms with E-state index in [-0.39, 0.29) is 11.5 Å². The Balaban J connectivity index is 2.52. The van der Waals surface area contributed by atoms with E-state index < -0.39 is 0 Å². The number of hydrogen-bond donors (Lipinski definition) is 2. The molecular weight excluding hydrogens is 114 g/mol. The van der Waals surface area contributed by atoms with Gasteiger partial charge >= 0.3 is 0 Å². The maximum absolute atomic E-state index is 9.23. The van der Waals surface area contributed by atoms with Gasteiger partial charge in [0.25, 0.3) is 0 Å². The lowest BCUT2D eigenvalue weighted by Crippen LogP contribution is -2.28. The van der Waals surface area contributed by atoms with Gasteiger partial charge in [-0.1, -0.05) is 6.92 Å². The van der Waals surface area contributed by atoms with Crippen LogP contribution in [-0.4, -0.2) is 17.8 Å². The molecule has 0 saturated heterocycles. The van der Waals surface area contributed by atoms with Gasteiger partial charge in [-0.25, -0.2) is 0 Å². The Morgan fingerprint density at radius 2 is 2.33 bits per heavy atom. The molecule has 0 aromatic heterocycles. The molecule has 0 spiro atoms. The fraction of sp³-hybridized carbons (Fsp3) is 1.00. The highest BCUT2D eigenvalue weighted by molar-refractivity contribution is 5.03. The van der Waals surface area contributed by atoms with Crippen molar-refractivity contribution in [2.45, 2.75) is 26.4 Å². The molecule has 54 valence electrons. The van der Waals surface area contributed by atoms with Crippen LogP contribution in [0.4, 0.5) is 0 Å². The number of aliphatic hydroxyl groups is 1. The lowest BCUT2D eigenvalue weighted by atomic mass is 9.98. The van der Waals surface area contributed by atoms with Crippen LogP contribution in [0, 0.1) is 11.3 Å². The maximum atomic E-state index is 9.23. The lowest BCUT2D eigenvalue weighted by Gasteiger charge is -2.16. The predicted molar refractivity (Wildman–Crippen MR) is 36.9 cm³/mol. The second kappa shape index (κ2) is 1.96. The molecule has 3 atom stereocenters. The van der Waals surface area contributed by atoms with E-state index in [4.69, 9.17) is 5.73 Å². The summed E-state index contributed by atoms with van der Waals surface area (Å²) >= 11 is 0. The van der Waals surface area contributed by atoms with E-state index >= 15 is 0 Å². The molecule has 0 unspecified atom stereocenters. The second-order valence-electron chi connectivity index (χ2n) is 3.22. The molecule has 1 aliphatic rings. The summed E-state index contributed by atoms with van der Waals surface area (Å²) < 4.78 is 0. The van der Waals surface area contributed by atoms with Crippen LogP contribution >= 0.6 is 0 Å². The van der Waals surface area contributed by atoms with Gasteiger partial charge in [0.05, 0.1) is 6.10 Å². The van der Waals surface area contributed by atoms with E-state index in [0.29, 0.717) is 12.5 Å². The summed E-state index contributed by atoms with van der Waals surface area (Å²) in [6, 6.07) is 0. The number of aliphatic hydroxyl groups excluding tert-OH is 1. The second-order valence-corrected chi connectivity index (χ2v) is 3.22. The fourth-order valence-electron chi connectivity index (χ4n) is 1.55. The Hall–Kier alpha value is -0.0800. The highest BCUT2D eigenvalue weighted by Crippen LogP contribution is 2.53. The summed E-state index contributed by atoms with van der Waals surface area (Å²) in [6.07, 6.45) is 0.874. The normalized spacial score (nSPS) is 44.7. The number of rotatable bonds is 2. The highest BCUT2D eigenvalue weighted by atomic mass is 16.3. The van der Waals surface area contributed by atoms with Crippen molar-refractivity contribution in [2.75, 3.05) is 6.54 Å². The average molecular weight is 129 g/mol. The molecular formula is C7H15NO. The summed E-state index contributed by atoms with van der Waals surface area (Å²) in [5, 5.41) is 9.23. The Labute approximate surface area is 56.1 Å². The zero-order valence-electron chi connectivity index (χ0n) is 6.09. The number of hydrogen-bond acceptors (Lipinski definition) is 2.